The average molecular weight is 435 g/mol. The molecule has 3 aromatic heterocycles. The van der Waals surface area contributed by atoms with Crippen molar-refractivity contribution in [3.63, 3.8) is 0 Å². The zero-order valence-electron chi connectivity index (χ0n) is 20.0. The van der Waals surface area contributed by atoms with Crippen molar-refractivity contribution in [2.24, 2.45) is 5.92 Å². The van der Waals surface area contributed by atoms with Crippen molar-refractivity contribution in [3.05, 3.63) is 84.4 Å². The molecular formula is C30H30N2O. The quantitative estimate of drug-likeness (QED) is 0.286. The van der Waals surface area contributed by atoms with Crippen molar-refractivity contribution in [2.75, 3.05) is 0 Å². The van der Waals surface area contributed by atoms with Crippen LogP contribution in [-0.4, -0.2) is 9.97 Å². The molecule has 0 atom stereocenters. The van der Waals surface area contributed by atoms with E-state index in [1.54, 1.807) is 0 Å². The summed E-state index contributed by atoms with van der Waals surface area (Å²) in [5.41, 5.74) is 6.28. The Balaban J connectivity index is 1.58. The molecule has 0 spiro atoms. The summed E-state index contributed by atoms with van der Waals surface area (Å²) in [4.78, 5) is 9.41. The van der Waals surface area contributed by atoms with Gasteiger partial charge in [0.2, 0.25) is 0 Å². The Bertz CT molecular complexity index is 1450. The zero-order chi connectivity index (χ0) is 23.2. The molecule has 0 fully saturated rings. The molecule has 0 saturated carbocycles. The molecule has 33 heavy (non-hydrogen) atoms. The number of rotatable bonds is 4. The van der Waals surface area contributed by atoms with Crippen LogP contribution < -0.4 is 0 Å². The first-order valence-corrected chi connectivity index (χ1v) is 11.7. The highest BCUT2D eigenvalue weighted by molar-refractivity contribution is 5.91. The van der Waals surface area contributed by atoms with E-state index in [9.17, 15) is 0 Å². The number of furan rings is 1. The van der Waals surface area contributed by atoms with Crippen molar-refractivity contribution >= 4 is 21.7 Å². The molecule has 3 heterocycles. The highest BCUT2D eigenvalue weighted by atomic mass is 16.3. The molecule has 3 nitrogen and oxygen atoms in total. The normalized spacial score (nSPS) is 12.2. The van der Waals surface area contributed by atoms with Crippen LogP contribution in [0.25, 0.3) is 44.3 Å². The van der Waals surface area contributed by atoms with Crippen LogP contribution in [0.2, 0.25) is 0 Å². The van der Waals surface area contributed by atoms with Gasteiger partial charge in [-0.1, -0.05) is 58.9 Å². The van der Waals surface area contributed by atoms with E-state index in [0.717, 1.165) is 45.7 Å². The number of fused-ring (bicyclic) bond motifs is 2. The molecule has 5 rings (SSSR count). The minimum Gasteiger partial charge on any atom is -0.459 e. The first kappa shape index (κ1) is 21.4. The molecule has 0 aliphatic rings. The Labute approximate surface area is 195 Å². The van der Waals surface area contributed by atoms with Crippen molar-refractivity contribution in [2.45, 2.75) is 46.5 Å². The molecule has 0 N–H and O–H groups in total. The molecule has 0 saturated heterocycles. The van der Waals surface area contributed by atoms with Gasteiger partial charge in [-0.3, -0.25) is 9.97 Å². The number of pyridine rings is 2. The van der Waals surface area contributed by atoms with Gasteiger partial charge >= 0.3 is 0 Å². The summed E-state index contributed by atoms with van der Waals surface area (Å²) in [5.74, 6) is 1.57. The van der Waals surface area contributed by atoms with Crippen molar-refractivity contribution in [3.8, 4) is 22.5 Å². The van der Waals surface area contributed by atoms with E-state index >= 15 is 0 Å². The lowest BCUT2D eigenvalue weighted by Gasteiger charge is -2.22. The smallest absolute Gasteiger partial charge is 0.152 e. The van der Waals surface area contributed by atoms with Crippen molar-refractivity contribution in [1.29, 1.82) is 0 Å². The summed E-state index contributed by atoms with van der Waals surface area (Å²) in [7, 11) is 0. The van der Waals surface area contributed by atoms with Crippen LogP contribution in [0.4, 0.5) is 0 Å². The van der Waals surface area contributed by atoms with Crippen LogP contribution in [-0.2, 0) is 11.8 Å². The number of benzene rings is 2. The predicted octanol–water partition coefficient (Wildman–Crippen LogP) is 8.21. The van der Waals surface area contributed by atoms with Gasteiger partial charge < -0.3 is 4.42 Å². The summed E-state index contributed by atoms with van der Waals surface area (Å²) in [6, 6.07) is 21.5. The molecule has 0 bridgehead atoms. The second-order valence-corrected chi connectivity index (χ2v) is 10.3. The zero-order valence-corrected chi connectivity index (χ0v) is 20.0. The van der Waals surface area contributed by atoms with Crippen LogP contribution >= 0.6 is 0 Å². The average Bonchev–Trinajstić information content (AvgIpc) is 3.18. The van der Waals surface area contributed by atoms with Gasteiger partial charge in [0.15, 0.2) is 5.58 Å². The van der Waals surface area contributed by atoms with E-state index < -0.39 is 0 Å². The summed E-state index contributed by atoms with van der Waals surface area (Å²) >= 11 is 0. The highest BCUT2D eigenvalue weighted by Crippen LogP contribution is 2.35. The Morgan fingerprint density at radius 3 is 2.39 bits per heavy atom. The summed E-state index contributed by atoms with van der Waals surface area (Å²) in [6.07, 6.45) is 4.64. The van der Waals surface area contributed by atoms with Gasteiger partial charge in [-0.25, -0.2) is 0 Å². The molecule has 0 unspecified atom stereocenters. The maximum Gasteiger partial charge on any atom is 0.152 e. The Morgan fingerprint density at radius 1 is 0.818 bits per heavy atom. The van der Waals surface area contributed by atoms with Crippen molar-refractivity contribution < 1.29 is 4.42 Å². The topological polar surface area (TPSA) is 38.9 Å². The van der Waals surface area contributed by atoms with Crippen LogP contribution in [0.5, 0.6) is 0 Å². The minimum atomic E-state index is 0.0365. The molecular weight excluding hydrogens is 404 g/mol. The first-order chi connectivity index (χ1) is 15.8. The maximum atomic E-state index is 5.97. The van der Waals surface area contributed by atoms with Gasteiger partial charge in [0, 0.05) is 29.1 Å². The molecule has 0 aliphatic heterocycles. The number of nitrogens with zero attached hydrogens (tertiary/aromatic N) is 2. The lowest BCUT2D eigenvalue weighted by atomic mass is 9.82. The van der Waals surface area contributed by atoms with Crippen LogP contribution in [0.3, 0.4) is 0 Å². The monoisotopic (exact) mass is 434 g/mol. The summed E-state index contributed by atoms with van der Waals surface area (Å²) in [6.45, 7) is 11.2. The number of aromatic nitrogens is 2. The predicted molar refractivity (Wildman–Crippen MR) is 137 cm³/mol. The van der Waals surface area contributed by atoms with E-state index in [1.807, 2.05) is 18.5 Å². The van der Waals surface area contributed by atoms with Crippen molar-refractivity contribution in [1.82, 2.24) is 9.97 Å². The van der Waals surface area contributed by atoms with Gasteiger partial charge in [0.05, 0.1) is 17.6 Å². The van der Waals surface area contributed by atoms with E-state index in [1.165, 1.54) is 16.3 Å². The Kier molecular flexibility index (Phi) is 5.28. The van der Waals surface area contributed by atoms with E-state index in [4.69, 9.17) is 9.40 Å². The molecule has 5 aromatic rings. The molecule has 0 amide bonds. The van der Waals surface area contributed by atoms with Gasteiger partial charge in [-0.15, -0.1) is 0 Å². The fourth-order valence-electron chi connectivity index (χ4n) is 4.49. The molecule has 0 radical (unpaired) electrons. The van der Waals surface area contributed by atoms with Crippen LogP contribution in [0.15, 0.2) is 77.5 Å². The molecule has 166 valence electrons. The second-order valence-electron chi connectivity index (χ2n) is 10.3. The first-order valence-electron chi connectivity index (χ1n) is 11.7. The number of hydrogen-bond donors (Lipinski definition) is 0. The third-order valence-electron chi connectivity index (χ3n) is 6.09. The second kappa shape index (κ2) is 8.15. The fraction of sp³-hybridized carbons (Fsp3) is 0.267. The maximum absolute atomic E-state index is 5.97. The Morgan fingerprint density at radius 2 is 1.61 bits per heavy atom. The lowest BCUT2D eigenvalue weighted by Crippen LogP contribution is -2.12. The molecule has 0 aliphatic carbocycles. The minimum absolute atomic E-state index is 0.0365. The molecule has 2 aromatic carbocycles. The van der Waals surface area contributed by atoms with Gasteiger partial charge in [0.25, 0.3) is 0 Å². The van der Waals surface area contributed by atoms with Gasteiger partial charge in [0.1, 0.15) is 5.76 Å². The Hall–Kier alpha value is -3.46. The van der Waals surface area contributed by atoms with E-state index in [0.29, 0.717) is 5.92 Å². The third-order valence-corrected chi connectivity index (χ3v) is 6.09. The lowest BCUT2D eigenvalue weighted by molar-refractivity contribution is 0.499. The van der Waals surface area contributed by atoms with Gasteiger partial charge in [-0.2, -0.15) is 0 Å². The third kappa shape index (κ3) is 4.28. The van der Waals surface area contributed by atoms with E-state index in [-0.39, 0.29) is 5.41 Å². The van der Waals surface area contributed by atoms with Gasteiger partial charge in [-0.05, 0) is 64.1 Å². The van der Waals surface area contributed by atoms with E-state index in [2.05, 4.69) is 94.2 Å². The standard InChI is InChI=1S/C30H30N2O/c1-19(2)12-24-14-23-17-27(32-18-29(23)33-24)21-10-11-31-28(16-21)22-13-20-8-6-7-9-25(20)26(15-22)30(3,4)5/h6-11,13-19H,12H2,1-5H3. The van der Waals surface area contributed by atoms with Crippen LogP contribution in [0.1, 0.15) is 45.9 Å². The highest BCUT2D eigenvalue weighted by Gasteiger charge is 2.19. The largest absolute Gasteiger partial charge is 0.459 e. The SMILES string of the molecule is CC(C)Cc1cc2cc(-c3ccnc(-c4cc(C(C)(C)C)c5ccccc5c4)c3)ncc2o1. The summed E-state index contributed by atoms with van der Waals surface area (Å²) < 4.78 is 5.97. The number of hydrogen-bond acceptors (Lipinski definition) is 3. The van der Waals surface area contributed by atoms with Crippen LogP contribution in [0, 0.1) is 5.92 Å². The summed E-state index contributed by atoms with van der Waals surface area (Å²) in [5, 5.41) is 3.63. The molecule has 3 heteroatoms. The fourth-order valence-corrected chi connectivity index (χ4v) is 4.49.